The summed E-state index contributed by atoms with van der Waals surface area (Å²) in [6.07, 6.45) is -1.93. The van der Waals surface area contributed by atoms with Gasteiger partial charge in [-0.25, -0.2) is 0 Å². The monoisotopic (exact) mass is 371 g/mol. The van der Waals surface area contributed by atoms with Gasteiger partial charge in [-0.3, -0.25) is 14.5 Å². The second-order valence-electron chi connectivity index (χ2n) is 7.22. The highest BCUT2D eigenvalue weighted by Crippen LogP contribution is 2.29. The Morgan fingerprint density at radius 3 is 2.42 bits per heavy atom. The molecule has 4 N–H and O–H groups in total. The third-order valence-electron chi connectivity index (χ3n) is 5.13. The van der Waals surface area contributed by atoms with Gasteiger partial charge in [-0.05, 0) is 12.8 Å². The lowest BCUT2D eigenvalue weighted by atomic mass is 10.1. The highest BCUT2D eigenvalue weighted by Gasteiger charge is 2.43. The van der Waals surface area contributed by atoms with Gasteiger partial charge in [-0.1, -0.05) is 0 Å². The predicted octanol–water partition coefficient (Wildman–Crippen LogP) is -2.16. The first-order valence-corrected chi connectivity index (χ1v) is 9.40. The van der Waals surface area contributed by atoms with Gasteiger partial charge in [0.2, 0.25) is 11.8 Å². The lowest BCUT2D eigenvalue weighted by molar-refractivity contribution is -0.126. The fraction of sp³-hybridized carbons (Fsp3) is 0.882. The fourth-order valence-electron chi connectivity index (χ4n) is 3.29. The number of ether oxygens (including phenoxy) is 2. The average molecular weight is 371 g/mol. The van der Waals surface area contributed by atoms with Crippen LogP contribution in [-0.2, 0) is 19.1 Å². The molecule has 2 heterocycles. The molecule has 3 rings (SSSR count). The van der Waals surface area contributed by atoms with Gasteiger partial charge >= 0.3 is 0 Å². The van der Waals surface area contributed by atoms with Crippen LogP contribution in [0.2, 0.25) is 0 Å². The Morgan fingerprint density at radius 2 is 1.73 bits per heavy atom. The molecule has 148 valence electrons. The van der Waals surface area contributed by atoms with Crippen molar-refractivity contribution in [1.29, 1.82) is 0 Å². The molecule has 9 nitrogen and oxygen atoms in total. The molecule has 2 saturated heterocycles. The Hall–Kier alpha value is -1.26. The molecule has 3 aliphatic rings. The van der Waals surface area contributed by atoms with E-state index in [0.29, 0.717) is 19.8 Å². The molecule has 0 aromatic rings. The van der Waals surface area contributed by atoms with E-state index in [9.17, 15) is 19.8 Å². The quantitative estimate of drug-likeness (QED) is 0.384. The Balaban J connectivity index is 1.35. The second kappa shape index (κ2) is 9.09. The van der Waals surface area contributed by atoms with Crippen molar-refractivity contribution in [2.75, 3.05) is 45.9 Å². The van der Waals surface area contributed by atoms with Crippen molar-refractivity contribution in [2.24, 2.45) is 5.92 Å². The van der Waals surface area contributed by atoms with E-state index in [4.69, 9.17) is 9.47 Å². The molecule has 26 heavy (non-hydrogen) atoms. The van der Waals surface area contributed by atoms with Gasteiger partial charge in [0.05, 0.1) is 25.7 Å². The molecule has 0 radical (unpaired) electrons. The van der Waals surface area contributed by atoms with Crippen molar-refractivity contribution in [1.82, 2.24) is 15.5 Å². The number of hydrogen-bond acceptors (Lipinski definition) is 7. The molecule has 0 aromatic heterocycles. The van der Waals surface area contributed by atoms with E-state index < -0.39 is 24.4 Å². The maximum Gasteiger partial charge on any atom is 0.223 e. The summed E-state index contributed by atoms with van der Waals surface area (Å²) in [7, 11) is 0. The van der Waals surface area contributed by atoms with E-state index in [-0.39, 0.29) is 30.7 Å². The minimum atomic E-state index is -1.14. The maximum atomic E-state index is 12.1. The van der Waals surface area contributed by atoms with Crippen molar-refractivity contribution in [3.05, 3.63) is 0 Å². The Bertz CT molecular complexity index is 495. The summed E-state index contributed by atoms with van der Waals surface area (Å²) in [4.78, 5) is 26.0. The Labute approximate surface area is 153 Å². The van der Waals surface area contributed by atoms with Gasteiger partial charge in [-0.15, -0.1) is 0 Å². The first-order chi connectivity index (χ1) is 12.5. The van der Waals surface area contributed by atoms with Crippen LogP contribution >= 0.6 is 0 Å². The molecule has 1 aliphatic carbocycles. The summed E-state index contributed by atoms with van der Waals surface area (Å²) in [6, 6.07) is 0. The third-order valence-corrected chi connectivity index (χ3v) is 5.13. The minimum absolute atomic E-state index is 0.0194. The molecule has 0 spiro atoms. The van der Waals surface area contributed by atoms with E-state index in [2.05, 4.69) is 15.5 Å². The van der Waals surface area contributed by atoms with Gasteiger partial charge in [-0.2, -0.15) is 0 Å². The van der Waals surface area contributed by atoms with E-state index in [1.54, 1.807) is 0 Å². The number of aliphatic hydroxyl groups excluding tert-OH is 2. The molecule has 3 fully saturated rings. The predicted molar refractivity (Wildman–Crippen MR) is 91.3 cm³/mol. The summed E-state index contributed by atoms with van der Waals surface area (Å²) in [5.41, 5.74) is 0. The second-order valence-corrected chi connectivity index (χ2v) is 7.22. The molecule has 4 atom stereocenters. The Morgan fingerprint density at radius 1 is 1.04 bits per heavy atom. The van der Waals surface area contributed by atoms with Gasteiger partial charge < -0.3 is 30.3 Å². The van der Waals surface area contributed by atoms with Crippen LogP contribution in [0.5, 0.6) is 0 Å². The minimum Gasteiger partial charge on any atom is -0.388 e. The van der Waals surface area contributed by atoms with Crippen molar-refractivity contribution >= 4 is 11.8 Å². The highest BCUT2D eigenvalue weighted by molar-refractivity contribution is 5.80. The van der Waals surface area contributed by atoms with Crippen LogP contribution in [0, 0.1) is 5.92 Å². The zero-order valence-electron chi connectivity index (χ0n) is 14.9. The first-order valence-electron chi connectivity index (χ1n) is 9.40. The molecule has 0 unspecified atom stereocenters. The van der Waals surface area contributed by atoms with Crippen molar-refractivity contribution in [2.45, 2.75) is 43.7 Å². The lowest BCUT2D eigenvalue weighted by Crippen LogP contribution is -2.42. The van der Waals surface area contributed by atoms with E-state index in [0.717, 1.165) is 32.5 Å². The number of morpholine rings is 1. The molecular formula is C17H29N3O6. The fourth-order valence-corrected chi connectivity index (χ4v) is 3.29. The van der Waals surface area contributed by atoms with Crippen molar-refractivity contribution in [3.63, 3.8) is 0 Å². The van der Waals surface area contributed by atoms with Crippen molar-refractivity contribution in [3.8, 4) is 0 Å². The molecule has 9 heteroatoms. The number of nitrogens with zero attached hydrogens (tertiary/aromatic N) is 1. The third kappa shape index (κ3) is 5.37. The number of rotatable bonds is 8. The molecule has 0 aromatic carbocycles. The number of aliphatic hydroxyl groups is 2. The van der Waals surface area contributed by atoms with Gasteiger partial charge in [0.15, 0.2) is 0 Å². The summed E-state index contributed by atoms with van der Waals surface area (Å²) >= 11 is 0. The molecule has 2 amide bonds. The number of carbonyl (C=O) groups excluding carboxylic acids is 2. The first kappa shape index (κ1) is 19.5. The van der Waals surface area contributed by atoms with Crippen LogP contribution < -0.4 is 10.6 Å². The van der Waals surface area contributed by atoms with E-state index in [1.807, 2.05) is 0 Å². The topological polar surface area (TPSA) is 120 Å². The van der Waals surface area contributed by atoms with Crippen LogP contribution in [0.3, 0.4) is 0 Å². The smallest absolute Gasteiger partial charge is 0.223 e. The van der Waals surface area contributed by atoms with Crippen LogP contribution in [0.15, 0.2) is 0 Å². The maximum absolute atomic E-state index is 12.1. The molecule has 1 saturated carbocycles. The molecule has 0 bridgehead atoms. The van der Waals surface area contributed by atoms with Crippen LogP contribution in [-0.4, -0.2) is 97.3 Å². The number of carbonyl (C=O) groups is 2. The SMILES string of the molecule is O=C(C[C@@H]1O[C@H](CNC(=O)C2CC2)[C@@H](O)[C@H]1O)NCCN1CCOCC1. The van der Waals surface area contributed by atoms with Gasteiger partial charge in [0, 0.05) is 38.6 Å². The van der Waals surface area contributed by atoms with Crippen LogP contribution in [0.25, 0.3) is 0 Å². The van der Waals surface area contributed by atoms with Crippen molar-refractivity contribution < 1.29 is 29.3 Å². The zero-order valence-corrected chi connectivity index (χ0v) is 14.9. The molecule has 2 aliphatic heterocycles. The number of amides is 2. The summed E-state index contributed by atoms with van der Waals surface area (Å²) in [6.45, 7) is 4.57. The average Bonchev–Trinajstić information content (AvgIpc) is 3.45. The zero-order chi connectivity index (χ0) is 18.5. The number of nitrogens with one attached hydrogen (secondary N) is 2. The summed E-state index contributed by atoms with van der Waals surface area (Å²) in [5.74, 6) is -0.191. The van der Waals surface area contributed by atoms with Gasteiger partial charge in [0.25, 0.3) is 0 Å². The van der Waals surface area contributed by atoms with E-state index >= 15 is 0 Å². The lowest BCUT2D eigenvalue weighted by Gasteiger charge is -2.26. The number of hydrogen-bond donors (Lipinski definition) is 4. The van der Waals surface area contributed by atoms with Crippen LogP contribution in [0.4, 0.5) is 0 Å². The summed E-state index contributed by atoms with van der Waals surface area (Å²) < 4.78 is 10.9. The van der Waals surface area contributed by atoms with Crippen LogP contribution in [0.1, 0.15) is 19.3 Å². The highest BCUT2D eigenvalue weighted by atomic mass is 16.5. The normalized spacial score (nSPS) is 32.4. The Kier molecular flexibility index (Phi) is 6.82. The largest absolute Gasteiger partial charge is 0.388 e. The standard InChI is InChI=1S/C17H29N3O6/c21-14(18-3-4-20-5-7-25-8-6-20)9-12-15(22)16(23)13(26-12)10-19-17(24)11-1-2-11/h11-13,15-16,22-23H,1-10H2,(H,18,21)(H,19,24)/t12-,13+,15-,16+/m0/s1. The van der Waals surface area contributed by atoms with Gasteiger partial charge in [0.1, 0.15) is 18.3 Å². The van der Waals surface area contributed by atoms with E-state index in [1.165, 1.54) is 0 Å². The molecular weight excluding hydrogens is 342 g/mol. The summed E-state index contributed by atoms with van der Waals surface area (Å²) in [5, 5.41) is 25.7.